The monoisotopic (exact) mass is 310 g/mol. The second-order valence-corrected chi connectivity index (χ2v) is 8.79. The minimum atomic E-state index is -0.489. The summed E-state index contributed by atoms with van der Waals surface area (Å²) in [5.74, 6) is 1.89. The fraction of sp³-hybridized carbons (Fsp3) is 0.900. The van der Waals surface area contributed by atoms with Crippen LogP contribution in [0.5, 0.6) is 0 Å². The Kier molecular flexibility index (Phi) is 7.14. The highest BCUT2D eigenvalue weighted by molar-refractivity contribution is 5.04. The van der Waals surface area contributed by atoms with Crippen molar-refractivity contribution in [3.63, 3.8) is 0 Å². The molecule has 0 aliphatic heterocycles. The van der Waals surface area contributed by atoms with Gasteiger partial charge < -0.3 is 10.2 Å². The normalized spacial score (nSPS) is 30.2. The van der Waals surface area contributed by atoms with Crippen LogP contribution in [0.15, 0.2) is 11.6 Å². The van der Waals surface area contributed by atoms with Gasteiger partial charge >= 0.3 is 0 Å². The standard InChI is InChI=1S/C10H20O.C10H18O/c2*1-8-4-6-9(7-5-8)10(2,3)11/h8-9,11H,4-7H2,1-3H3;4,9,11H,5-7H2,1-3H3. The van der Waals surface area contributed by atoms with E-state index in [-0.39, 0.29) is 0 Å². The number of allylic oxidation sites excluding steroid dienone is 2. The molecule has 2 aliphatic rings. The van der Waals surface area contributed by atoms with E-state index < -0.39 is 11.2 Å². The molecule has 0 aromatic heterocycles. The smallest absolute Gasteiger partial charge is 0.0622 e. The van der Waals surface area contributed by atoms with Crippen LogP contribution in [0.1, 0.15) is 86.5 Å². The lowest BCUT2D eigenvalue weighted by Crippen LogP contribution is -2.33. The average Bonchev–Trinajstić information content (AvgIpc) is 2.38. The third kappa shape index (κ3) is 6.83. The quantitative estimate of drug-likeness (QED) is 0.698. The Morgan fingerprint density at radius 3 is 1.73 bits per heavy atom. The van der Waals surface area contributed by atoms with Crippen molar-refractivity contribution in [2.24, 2.45) is 17.8 Å². The van der Waals surface area contributed by atoms with E-state index >= 15 is 0 Å². The van der Waals surface area contributed by atoms with Crippen LogP contribution >= 0.6 is 0 Å². The molecule has 2 heteroatoms. The summed E-state index contributed by atoms with van der Waals surface area (Å²) in [6, 6.07) is 0. The first-order valence-electron chi connectivity index (χ1n) is 9.10. The predicted octanol–water partition coefficient (Wildman–Crippen LogP) is 5.09. The second-order valence-electron chi connectivity index (χ2n) is 8.79. The van der Waals surface area contributed by atoms with Gasteiger partial charge in [-0.1, -0.05) is 31.4 Å². The van der Waals surface area contributed by atoms with Gasteiger partial charge in [-0.3, -0.25) is 0 Å². The molecule has 2 aliphatic carbocycles. The summed E-state index contributed by atoms with van der Waals surface area (Å²) in [5, 5.41) is 19.4. The topological polar surface area (TPSA) is 40.5 Å². The van der Waals surface area contributed by atoms with Crippen molar-refractivity contribution in [2.75, 3.05) is 0 Å². The lowest BCUT2D eigenvalue weighted by atomic mass is 9.75. The molecular formula is C20H38O2. The summed E-state index contributed by atoms with van der Waals surface area (Å²) in [4.78, 5) is 0. The highest BCUT2D eigenvalue weighted by Crippen LogP contribution is 2.34. The maximum absolute atomic E-state index is 9.73. The molecule has 0 amide bonds. The van der Waals surface area contributed by atoms with Crippen molar-refractivity contribution >= 4 is 0 Å². The lowest BCUT2D eigenvalue weighted by Gasteiger charge is -2.34. The van der Waals surface area contributed by atoms with Crippen molar-refractivity contribution in [1.29, 1.82) is 0 Å². The highest BCUT2D eigenvalue weighted by Gasteiger charge is 2.29. The molecule has 0 aromatic carbocycles. The van der Waals surface area contributed by atoms with Gasteiger partial charge in [0.1, 0.15) is 0 Å². The van der Waals surface area contributed by atoms with E-state index in [9.17, 15) is 10.2 Å². The molecule has 2 nitrogen and oxygen atoms in total. The Hall–Kier alpha value is -0.340. The lowest BCUT2D eigenvalue weighted by molar-refractivity contribution is -0.00468. The molecule has 1 atom stereocenters. The van der Waals surface area contributed by atoms with Crippen LogP contribution in [0.4, 0.5) is 0 Å². The zero-order valence-electron chi connectivity index (χ0n) is 15.7. The van der Waals surface area contributed by atoms with Crippen LogP contribution in [-0.4, -0.2) is 21.4 Å². The number of rotatable bonds is 2. The van der Waals surface area contributed by atoms with Gasteiger partial charge in [-0.2, -0.15) is 0 Å². The van der Waals surface area contributed by atoms with Gasteiger partial charge in [0.2, 0.25) is 0 Å². The molecule has 0 bridgehead atoms. The first-order valence-corrected chi connectivity index (χ1v) is 9.10. The van der Waals surface area contributed by atoms with Gasteiger partial charge in [0.05, 0.1) is 11.2 Å². The Labute approximate surface area is 138 Å². The molecule has 0 heterocycles. The fourth-order valence-corrected chi connectivity index (χ4v) is 3.57. The first-order chi connectivity index (χ1) is 10.00. The summed E-state index contributed by atoms with van der Waals surface area (Å²) in [5.41, 5.74) is 0.544. The van der Waals surface area contributed by atoms with E-state index in [2.05, 4.69) is 19.9 Å². The molecule has 0 radical (unpaired) electrons. The van der Waals surface area contributed by atoms with Crippen LogP contribution in [-0.2, 0) is 0 Å². The largest absolute Gasteiger partial charge is 0.390 e. The molecule has 1 fully saturated rings. The third-order valence-corrected chi connectivity index (χ3v) is 5.65. The SMILES string of the molecule is CC1=CCC(C(C)(C)O)CC1.CC1CCC(C(C)(C)O)CC1. The van der Waals surface area contributed by atoms with E-state index in [0.717, 1.165) is 25.2 Å². The molecule has 130 valence electrons. The van der Waals surface area contributed by atoms with Crippen LogP contribution in [0.3, 0.4) is 0 Å². The van der Waals surface area contributed by atoms with E-state index in [4.69, 9.17) is 0 Å². The Bertz CT molecular complexity index is 349. The summed E-state index contributed by atoms with van der Waals surface area (Å²) in [6.45, 7) is 12.2. The highest BCUT2D eigenvalue weighted by atomic mass is 16.3. The first kappa shape index (κ1) is 19.7. The molecule has 1 unspecified atom stereocenters. The van der Waals surface area contributed by atoms with Crippen LogP contribution in [0.25, 0.3) is 0 Å². The van der Waals surface area contributed by atoms with E-state index in [1.165, 1.54) is 31.3 Å². The van der Waals surface area contributed by atoms with Crippen LogP contribution in [0.2, 0.25) is 0 Å². The minimum Gasteiger partial charge on any atom is -0.390 e. The van der Waals surface area contributed by atoms with Gasteiger partial charge in [0.15, 0.2) is 0 Å². The second kappa shape index (κ2) is 7.97. The average molecular weight is 311 g/mol. The van der Waals surface area contributed by atoms with Gasteiger partial charge in [0.25, 0.3) is 0 Å². The van der Waals surface area contributed by atoms with Gasteiger partial charge in [-0.25, -0.2) is 0 Å². The third-order valence-electron chi connectivity index (χ3n) is 5.65. The fourth-order valence-electron chi connectivity index (χ4n) is 3.57. The van der Waals surface area contributed by atoms with Gasteiger partial charge in [-0.05, 0) is 84.5 Å². The van der Waals surface area contributed by atoms with E-state index in [1.54, 1.807) is 0 Å². The summed E-state index contributed by atoms with van der Waals surface area (Å²) < 4.78 is 0. The van der Waals surface area contributed by atoms with E-state index in [1.807, 2.05) is 27.7 Å². The molecule has 0 saturated heterocycles. The molecule has 0 aromatic rings. The zero-order valence-corrected chi connectivity index (χ0v) is 15.7. The molecule has 22 heavy (non-hydrogen) atoms. The van der Waals surface area contributed by atoms with Gasteiger partial charge in [0, 0.05) is 0 Å². The molecule has 0 spiro atoms. The number of aliphatic hydroxyl groups is 2. The maximum atomic E-state index is 9.73. The predicted molar refractivity (Wildman–Crippen MR) is 94.8 cm³/mol. The van der Waals surface area contributed by atoms with Crippen LogP contribution < -0.4 is 0 Å². The number of hydrogen-bond acceptors (Lipinski definition) is 2. The summed E-state index contributed by atoms with van der Waals surface area (Å²) in [7, 11) is 0. The van der Waals surface area contributed by atoms with Crippen LogP contribution in [0, 0.1) is 17.8 Å². The van der Waals surface area contributed by atoms with Crippen molar-refractivity contribution in [1.82, 2.24) is 0 Å². The molecule has 1 saturated carbocycles. The zero-order chi connectivity index (χ0) is 17.0. The van der Waals surface area contributed by atoms with Crippen molar-refractivity contribution < 1.29 is 10.2 Å². The van der Waals surface area contributed by atoms with Gasteiger partial charge in [-0.15, -0.1) is 0 Å². The Morgan fingerprint density at radius 2 is 1.36 bits per heavy atom. The minimum absolute atomic E-state index is 0.444. The molecule has 2 rings (SSSR count). The molecule has 2 N–H and O–H groups in total. The van der Waals surface area contributed by atoms with Crippen molar-refractivity contribution in [3.8, 4) is 0 Å². The summed E-state index contributed by atoms with van der Waals surface area (Å²) in [6.07, 6.45) is 10.6. The Balaban J connectivity index is 0.000000220. The maximum Gasteiger partial charge on any atom is 0.0622 e. The Morgan fingerprint density at radius 1 is 0.864 bits per heavy atom. The number of hydrogen-bond donors (Lipinski definition) is 2. The van der Waals surface area contributed by atoms with Crippen molar-refractivity contribution in [2.45, 2.75) is 97.7 Å². The van der Waals surface area contributed by atoms with Crippen molar-refractivity contribution in [3.05, 3.63) is 11.6 Å². The molecular weight excluding hydrogens is 272 g/mol. The summed E-state index contributed by atoms with van der Waals surface area (Å²) >= 11 is 0. The van der Waals surface area contributed by atoms with E-state index in [0.29, 0.717) is 11.8 Å².